The molecule has 1 rings (SSSR count). The Labute approximate surface area is 142 Å². The average Bonchev–Trinajstić information content (AvgIpc) is 2.43. The van der Waals surface area contributed by atoms with Crippen LogP contribution in [0.1, 0.15) is 32.3 Å². The summed E-state index contributed by atoms with van der Waals surface area (Å²) in [6.45, 7) is 6.37. The molecule has 1 N–H and O–H groups in total. The first kappa shape index (κ1) is 18.5. The predicted octanol–water partition coefficient (Wildman–Crippen LogP) is 4.04. The van der Waals surface area contributed by atoms with Gasteiger partial charge < -0.3 is 14.8 Å². The number of nitrogens with one attached hydrogen (secondary N) is 1. The van der Waals surface area contributed by atoms with Crippen LogP contribution in [-0.4, -0.2) is 25.7 Å². The third-order valence-corrected chi connectivity index (χ3v) is 3.89. The van der Waals surface area contributed by atoms with Gasteiger partial charge in [0.25, 0.3) is 0 Å². The number of hydrogen-bond acceptors (Lipinski definition) is 4. The van der Waals surface area contributed by atoms with Gasteiger partial charge in [-0.15, -0.1) is 0 Å². The first-order valence-electron chi connectivity index (χ1n) is 7.05. The van der Waals surface area contributed by atoms with Gasteiger partial charge in [-0.2, -0.15) is 0 Å². The molecule has 0 fully saturated rings. The van der Waals surface area contributed by atoms with E-state index >= 15 is 0 Å². The highest BCUT2D eigenvalue weighted by atomic mass is 79.9. The van der Waals surface area contributed by atoms with Crippen molar-refractivity contribution in [1.29, 1.82) is 0 Å². The summed E-state index contributed by atoms with van der Waals surface area (Å²) in [5, 5.41) is 3.31. The summed E-state index contributed by atoms with van der Waals surface area (Å²) in [4.78, 5) is 11.2. The molecule has 0 saturated carbocycles. The molecule has 118 valence electrons. The van der Waals surface area contributed by atoms with Crippen LogP contribution in [0.4, 0.5) is 0 Å². The summed E-state index contributed by atoms with van der Waals surface area (Å²) in [5.74, 6) is 0.689. The lowest BCUT2D eigenvalue weighted by Crippen LogP contribution is -2.16. The molecule has 0 aromatic heterocycles. The largest absolute Gasteiger partial charge is 0.492 e. The Kier molecular flexibility index (Phi) is 8.96. The van der Waals surface area contributed by atoms with Crippen molar-refractivity contribution in [2.75, 3.05) is 19.8 Å². The van der Waals surface area contributed by atoms with Gasteiger partial charge in [-0.05, 0) is 76.4 Å². The summed E-state index contributed by atoms with van der Waals surface area (Å²) < 4.78 is 12.3. The number of hydrogen-bond donors (Lipinski definition) is 1. The van der Waals surface area contributed by atoms with Gasteiger partial charge in [-0.1, -0.05) is 0 Å². The molecule has 0 atom stereocenters. The van der Waals surface area contributed by atoms with Crippen LogP contribution in [0.15, 0.2) is 21.1 Å². The number of ether oxygens (including phenoxy) is 2. The summed E-state index contributed by atoms with van der Waals surface area (Å²) in [7, 11) is 0. The molecule has 0 radical (unpaired) electrons. The summed E-state index contributed by atoms with van der Waals surface area (Å²) in [6, 6.07) is 4.07. The molecular weight excluding hydrogens is 402 g/mol. The molecule has 0 aliphatic rings. The van der Waals surface area contributed by atoms with E-state index in [9.17, 15) is 4.79 Å². The molecule has 0 heterocycles. The van der Waals surface area contributed by atoms with Crippen LogP contribution in [0.25, 0.3) is 0 Å². The Morgan fingerprint density at radius 3 is 2.43 bits per heavy atom. The first-order chi connectivity index (χ1) is 10.1. The van der Waals surface area contributed by atoms with E-state index in [4.69, 9.17) is 9.47 Å². The van der Waals surface area contributed by atoms with Gasteiger partial charge in [0.15, 0.2) is 0 Å². The molecule has 0 saturated heterocycles. The van der Waals surface area contributed by atoms with Gasteiger partial charge in [0.1, 0.15) is 5.75 Å². The van der Waals surface area contributed by atoms with E-state index in [-0.39, 0.29) is 5.97 Å². The molecule has 0 amide bonds. The second-order valence-electron chi connectivity index (χ2n) is 4.41. The minimum Gasteiger partial charge on any atom is -0.492 e. The second kappa shape index (κ2) is 10.2. The van der Waals surface area contributed by atoms with Crippen molar-refractivity contribution < 1.29 is 14.3 Å². The van der Waals surface area contributed by atoms with E-state index in [2.05, 4.69) is 37.2 Å². The van der Waals surface area contributed by atoms with Crippen molar-refractivity contribution in [3.8, 4) is 5.75 Å². The third-order valence-electron chi connectivity index (χ3n) is 2.72. The highest BCUT2D eigenvalue weighted by molar-refractivity contribution is 9.11. The van der Waals surface area contributed by atoms with Crippen LogP contribution in [0.2, 0.25) is 0 Å². The fraction of sp³-hybridized carbons (Fsp3) is 0.533. The summed E-state index contributed by atoms with van der Waals surface area (Å²) in [5.41, 5.74) is 1.15. The quantitative estimate of drug-likeness (QED) is 0.481. The molecule has 4 nitrogen and oxygen atoms in total. The van der Waals surface area contributed by atoms with Gasteiger partial charge in [0, 0.05) is 13.0 Å². The molecule has 21 heavy (non-hydrogen) atoms. The Hall–Kier alpha value is -0.590. The lowest BCUT2D eigenvalue weighted by molar-refractivity contribution is -0.143. The summed E-state index contributed by atoms with van der Waals surface area (Å²) in [6.07, 6.45) is 1.23. The van der Waals surface area contributed by atoms with Crippen LogP contribution in [0.3, 0.4) is 0 Å². The van der Waals surface area contributed by atoms with E-state index < -0.39 is 0 Å². The van der Waals surface area contributed by atoms with Crippen LogP contribution < -0.4 is 10.1 Å². The van der Waals surface area contributed by atoms with Crippen LogP contribution in [0.5, 0.6) is 5.75 Å². The highest BCUT2D eigenvalue weighted by Crippen LogP contribution is 2.34. The maximum absolute atomic E-state index is 11.2. The van der Waals surface area contributed by atoms with Crippen LogP contribution in [0, 0.1) is 0 Å². The minimum absolute atomic E-state index is 0.133. The monoisotopic (exact) mass is 421 g/mol. The number of esters is 1. The zero-order valence-corrected chi connectivity index (χ0v) is 15.6. The number of carbonyl (C=O) groups excluding carboxylic acids is 1. The van der Waals surface area contributed by atoms with E-state index in [1.807, 2.05) is 26.0 Å². The van der Waals surface area contributed by atoms with Crippen molar-refractivity contribution in [3.05, 3.63) is 26.6 Å². The van der Waals surface area contributed by atoms with Gasteiger partial charge >= 0.3 is 5.97 Å². The molecule has 0 unspecified atom stereocenters. The molecule has 0 spiro atoms. The maximum atomic E-state index is 11.2. The molecule has 0 bridgehead atoms. The number of benzene rings is 1. The standard InChI is InChI=1S/C15H21Br2NO3/c1-3-20-14(19)6-5-7-18-10-11-8-12(16)15(21-4-2)13(17)9-11/h8-9,18H,3-7,10H2,1-2H3. The third kappa shape index (κ3) is 6.80. The van der Waals surface area contributed by atoms with Crippen molar-refractivity contribution in [2.45, 2.75) is 33.2 Å². The average molecular weight is 423 g/mol. The topological polar surface area (TPSA) is 47.6 Å². The minimum atomic E-state index is -0.133. The Morgan fingerprint density at radius 1 is 1.19 bits per heavy atom. The van der Waals surface area contributed by atoms with E-state index in [0.717, 1.165) is 39.8 Å². The molecule has 6 heteroatoms. The van der Waals surface area contributed by atoms with E-state index in [0.29, 0.717) is 19.6 Å². The SMILES string of the molecule is CCOC(=O)CCCNCc1cc(Br)c(OCC)c(Br)c1. The van der Waals surface area contributed by atoms with Crippen molar-refractivity contribution >= 4 is 37.8 Å². The molecule has 0 aliphatic heterocycles. The lowest BCUT2D eigenvalue weighted by Gasteiger charge is -2.11. The highest BCUT2D eigenvalue weighted by Gasteiger charge is 2.08. The Balaban J connectivity index is 2.37. The smallest absolute Gasteiger partial charge is 0.305 e. The van der Waals surface area contributed by atoms with Gasteiger partial charge in [-0.3, -0.25) is 4.79 Å². The summed E-state index contributed by atoms with van der Waals surface area (Å²) >= 11 is 7.03. The first-order valence-corrected chi connectivity index (χ1v) is 8.64. The van der Waals surface area contributed by atoms with Crippen molar-refractivity contribution in [3.63, 3.8) is 0 Å². The second-order valence-corrected chi connectivity index (χ2v) is 6.12. The number of rotatable bonds is 9. The fourth-order valence-corrected chi connectivity index (χ4v) is 3.33. The van der Waals surface area contributed by atoms with Crippen LogP contribution >= 0.6 is 31.9 Å². The predicted molar refractivity (Wildman–Crippen MR) is 90.6 cm³/mol. The number of carbonyl (C=O) groups is 1. The van der Waals surface area contributed by atoms with Gasteiger partial charge in [0.2, 0.25) is 0 Å². The maximum Gasteiger partial charge on any atom is 0.305 e. The van der Waals surface area contributed by atoms with Gasteiger partial charge in [0.05, 0.1) is 22.2 Å². The molecule has 1 aromatic carbocycles. The lowest BCUT2D eigenvalue weighted by atomic mass is 10.2. The van der Waals surface area contributed by atoms with Gasteiger partial charge in [-0.25, -0.2) is 0 Å². The fourth-order valence-electron chi connectivity index (χ4n) is 1.82. The normalized spacial score (nSPS) is 10.5. The molecule has 1 aromatic rings. The molecular formula is C15H21Br2NO3. The van der Waals surface area contributed by atoms with Crippen molar-refractivity contribution in [1.82, 2.24) is 5.32 Å². The van der Waals surface area contributed by atoms with E-state index in [1.54, 1.807) is 0 Å². The zero-order valence-electron chi connectivity index (χ0n) is 12.4. The molecule has 0 aliphatic carbocycles. The van der Waals surface area contributed by atoms with E-state index in [1.165, 1.54) is 0 Å². The number of halogens is 2. The zero-order chi connectivity index (χ0) is 15.7. The Bertz CT molecular complexity index is 443. The van der Waals surface area contributed by atoms with Crippen molar-refractivity contribution in [2.24, 2.45) is 0 Å². The Morgan fingerprint density at radius 2 is 1.86 bits per heavy atom. The van der Waals surface area contributed by atoms with Crippen LogP contribution in [-0.2, 0) is 16.1 Å².